The van der Waals surface area contributed by atoms with Crippen LogP contribution in [0.2, 0.25) is 0 Å². The SMILES string of the molecule is Cc1cc(C#CC2CC2)cc2c1CC1(CCCCC1)C21NC(N)N(CC2NC=CO2)C1=O. The van der Waals surface area contributed by atoms with Crippen LogP contribution >= 0.6 is 0 Å². The van der Waals surface area contributed by atoms with Gasteiger partial charge in [0.2, 0.25) is 0 Å². The molecule has 5 aliphatic rings. The van der Waals surface area contributed by atoms with Gasteiger partial charge in [-0.1, -0.05) is 31.1 Å². The second-order valence-electron chi connectivity index (χ2n) is 10.3. The van der Waals surface area contributed by atoms with Crippen molar-refractivity contribution in [3.05, 3.63) is 46.8 Å². The van der Waals surface area contributed by atoms with E-state index in [0.29, 0.717) is 12.5 Å². The van der Waals surface area contributed by atoms with Gasteiger partial charge in [0.25, 0.3) is 5.91 Å². The lowest BCUT2D eigenvalue weighted by atomic mass is 9.61. The molecule has 6 rings (SSSR count). The molecule has 2 saturated carbocycles. The Bertz CT molecular complexity index is 1040. The van der Waals surface area contributed by atoms with Crippen molar-refractivity contribution in [1.29, 1.82) is 0 Å². The Balaban J connectivity index is 1.45. The highest BCUT2D eigenvalue weighted by Crippen LogP contribution is 2.60. The highest BCUT2D eigenvalue weighted by Gasteiger charge is 2.67. The summed E-state index contributed by atoms with van der Waals surface area (Å²) >= 11 is 0. The Kier molecular flexibility index (Phi) is 4.57. The maximum absolute atomic E-state index is 14.3. The van der Waals surface area contributed by atoms with Crippen LogP contribution in [-0.4, -0.2) is 29.9 Å². The van der Waals surface area contributed by atoms with Crippen molar-refractivity contribution in [2.45, 2.75) is 76.3 Å². The molecule has 2 heterocycles. The number of carbonyl (C=O) groups excluding carboxylic acids is 1. The average Bonchev–Trinajstić information content (AvgIpc) is 3.32. The third kappa shape index (κ3) is 2.91. The summed E-state index contributed by atoms with van der Waals surface area (Å²) in [4.78, 5) is 16.1. The molecule has 168 valence electrons. The summed E-state index contributed by atoms with van der Waals surface area (Å²) in [5.41, 5.74) is 10.4. The zero-order valence-corrected chi connectivity index (χ0v) is 18.7. The molecule has 6 nitrogen and oxygen atoms in total. The largest absolute Gasteiger partial charge is 0.475 e. The van der Waals surface area contributed by atoms with Crippen molar-refractivity contribution in [2.24, 2.45) is 17.1 Å². The lowest BCUT2D eigenvalue weighted by Gasteiger charge is -2.45. The number of nitrogens with zero attached hydrogens (tertiary/aromatic N) is 1. The first-order valence-electron chi connectivity index (χ1n) is 12.1. The predicted octanol–water partition coefficient (Wildman–Crippen LogP) is 2.55. The molecule has 1 amide bonds. The molecule has 1 saturated heterocycles. The Hall–Kier alpha value is -2.49. The minimum Gasteiger partial charge on any atom is -0.475 e. The lowest BCUT2D eigenvalue weighted by molar-refractivity contribution is -0.140. The number of amides is 1. The molecule has 3 unspecified atom stereocenters. The second-order valence-corrected chi connectivity index (χ2v) is 10.3. The zero-order chi connectivity index (χ0) is 21.9. The topological polar surface area (TPSA) is 79.6 Å². The standard InChI is InChI=1S/C26H32N4O2/c1-17-13-19(8-7-18-5-6-18)14-21-20(17)15-25(9-3-2-4-10-25)26(21)23(31)30(24(27)29-26)16-22-28-11-12-32-22/h11-14,18,22,24,28-29H,2-6,9-10,15-16,27H2,1H3. The van der Waals surface area contributed by atoms with Crippen molar-refractivity contribution in [3.63, 3.8) is 0 Å². The van der Waals surface area contributed by atoms with Crippen LogP contribution in [0.25, 0.3) is 0 Å². The van der Waals surface area contributed by atoms with Crippen LogP contribution in [0.3, 0.4) is 0 Å². The van der Waals surface area contributed by atoms with Crippen LogP contribution < -0.4 is 16.4 Å². The molecule has 0 aromatic heterocycles. The predicted molar refractivity (Wildman–Crippen MR) is 122 cm³/mol. The van der Waals surface area contributed by atoms with E-state index >= 15 is 0 Å². The fourth-order valence-corrected chi connectivity index (χ4v) is 6.48. The summed E-state index contributed by atoms with van der Waals surface area (Å²) < 4.78 is 5.58. The maximum Gasteiger partial charge on any atom is 0.250 e. The number of nitrogens with two attached hydrogens (primary N) is 1. The number of nitrogens with one attached hydrogen (secondary N) is 2. The highest BCUT2D eigenvalue weighted by molar-refractivity contribution is 5.93. The number of aryl methyl sites for hydroxylation is 1. The normalized spacial score (nSPS) is 32.1. The van der Waals surface area contributed by atoms with Gasteiger partial charge >= 0.3 is 0 Å². The molecule has 4 N–H and O–H groups in total. The minimum absolute atomic E-state index is 0.0923. The molecule has 0 bridgehead atoms. The fourth-order valence-electron chi connectivity index (χ4n) is 6.48. The van der Waals surface area contributed by atoms with Crippen molar-refractivity contribution >= 4 is 5.91 Å². The van der Waals surface area contributed by atoms with Crippen LogP contribution in [0.15, 0.2) is 24.6 Å². The van der Waals surface area contributed by atoms with Crippen LogP contribution in [0, 0.1) is 30.1 Å². The van der Waals surface area contributed by atoms with E-state index in [1.807, 2.05) is 0 Å². The van der Waals surface area contributed by atoms with Crippen LogP contribution in [-0.2, 0) is 21.5 Å². The Morgan fingerprint density at radius 3 is 2.78 bits per heavy atom. The molecular formula is C26H32N4O2. The monoisotopic (exact) mass is 432 g/mol. The summed E-state index contributed by atoms with van der Waals surface area (Å²) in [7, 11) is 0. The van der Waals surface area contributed by atoms with E-state index in [9.17, 15) is 4.79 Å². The number of rotatable bonds is 2. The smallest absolute Gasteiger partial charge is 0.250 e. The molecule has 6 heteroatoms. The number of fused-ring (bicyclic) bond motifs is 3. The number of hydrogen-bond acceptors (Lipinski definition) is 5. The zero-order valence-electron chi connectivity index (χ0n) is 18.7. The van der Waals surface area contributed by atoms with Crippen LogP contribution in [0.1, 0.15) is 67.2 Å². The van der Waals surface area contributed by atoms with Crippen LogP contribution in [0.5, 0.6) is 0 Å². The number of ether oxygens (including phenoxy) is 1. The van der Waals surface area contributed by atoms with Gasteiger partial charge in [-0.2, -0.15) is 0 Å². The van der Waals surface area contributed by atoms with Gasteiger partial charge in [-0.05, 0) is 67.9 Å². The molecule has 1 aromatic carbocycles. The quantitative estimate of drug-likeness (QED) is 0.626. The molecule has 1 aromatic rings. The fraction of sp³-hybridized carbons (Fsp3) is 0.577. The third-order valence-corrected chi connectivity index (χ3v) is 8.23. The molecule has 3 atom stereocenters. The minimum atomic E-state index is -0.782. The van der Waals surface area contributed by atoms with Crippen molar-refractivity contribution in [1.82, 2.24) is 15.5 Å². The number of hydrogen-bond donors (Lipinski definition) is 3. The van der Waals surface area contributed by atoms with Gasteiger partial charge in [-0.25, -0.2) is 0 Å². The van der Waals surface area contributed by atoms with Crippen molar-refractivity contribution < 1.29 is 9.53 Å². The molecule has 32 heavy (non-hydrogen) atoms. The first-order chi connectivity index (χ1) is 15.5. The third-order valence-electron chi connectivity index (χ3n) is 8.23. The summed E-state index contributed by atoms with van der Waals surface area (Å²) in [5, 5.41) is 6.80. The van der Waals surface area contributed by atoms with Crippen molar-refractivity contribution in [3.8, 4) is 11.8 Å². The summed E-state index contributed by atoms with van der Waals surface area (Å²) in [6.07, 6.45) is 11.6. The summed E-state index contributed by atoms with van der Waals surface area (Å²) in [6.45, 7) is 2.59. The molecule has 2 aliphatic heterocycles. The average molecular weight is 433 g/mol. The Morgan fingerprint density at radius 2 is 2.06 bits per heavy atom. The second kappa shape index (κ2) is 7.26. The van der Waals surface area contributed by atoms with E-state index in [2.05, 4.69) is 41.5 Å². The molecule has 0 radical (unpaired) electrons. The van der Waals surface area contributed by atoms with Gasteiger partial charge in [-0.15, -0.1) is 0 Å². The number of benzene rings is 1. The van der Waals surface area contributed by atoms with E-state index in [1.165, 1.54) is 30.4 Å². The van der Waals surface area contributed by atoms with E-state index < -0.39 is 11.8 Å². The maximum atomic E-state index is 14.3. The number of carbonyl (C=O) groups is 1. The highest BCUT2D eigenvalue weighted by atomic mass is 16.5. The molecule has 3 aliphatic carbocycles. The van der Waals surface area contributed by atoms with Gasteiger partial charge in [0.15, 0.2) is 6.23 Å². The Labute approximate surface area is 189 Å². The van der Waals surface area contributed by atoms with Crippen molar-refractivity contribution in [2.75, 3.05) is 6.54 Å². The lowest BCUT2D eigenvalue weighted by Crippen LogP contribution is -2.57. The van der Waals surface area contributed by atoms with Gasteiger partial charge in [0.05, 0.1) is 6.54 Å². The summed E-state index contributed by atoms with van der Waals surface area (Å²) in [6, 6.07) is 4.40. The summed E-state index contributed by atoms with van der Waals surface area (Å²) in [5.74, 6) is 7.43. The first kappa shape index (κ1) is 20.1. The first-order valence-corrected chi connectivity index (χ1v) is 12.1. The van der Waals surface area contributed by atoms with Crippen LogP contribution in [0.4, 0.5) is 0 Å². The Morgan fingerprint density at radius 1 is 1.25 bits per heavy atom. The molecule has 2 spiro atoms. The van der Waals surface area contributed by atoms with E-state index in [1.54, 1.807) is 17.4 Å². The van der Waals surface area contributed by atoms with E-state index in [0.717, 1.165) is 43.2 Å². The molecule has 3 fully saturated rings. The van der Waals surface area contributed by atoms with Gasteiger partial charge in [0, 0.05) is 23.1 Å². The van der Waals surface area contributed by atoms with Gasteiger partial charge < -0.3 is 15.0 Å². The van der Waals surface area contributed by atoms with E-state index in [4.69, 9.17) is 10.5 Å². The van der Waals surface area contributed by atoms with Gasteiger partial charge in [-0.3, -0.25) is 15.8 Å². The van der Waals surface area contributed by atoms with E-state index in [-0.39, 0.29) is 17.6 Å². The van der Waals surface area contributed by atoms with Gasteiger partial charge in [0.1, 0.15) is 18.1 Å². The molecular weight excluding hydrogens is 400 g/mol.